The molecule has 0 fully saturated rings. The smallest absolute Gasteiger partial charge is 0.130 e. The fraction of sp³-hybridized carbons (Fsp3) is 0.333. The molecule has 0 amide bonds. The van der Waals surface area contributed by atoms with Crippen molar-refractivity contribution in [1.82, 2.24) is 0 Å². The molecule has 1 N–H and O–H groups in total. The van der Waals surface area contributed by atoms with E-state index >= 15 is 0 Å². The summed E-state index contributed by atoms with van der Waals surface area (Å²) in [5.41, 5.74) is 0.745. The molecule has 3 heteroatoms. The molecule has 0 aromatic heterocycles. The lowest BCUT2D eigenvalue weighted by atomic mass is 9.86. The molecule has 0 spiro atoms. The van der Waals surface area contributed by atoms with Crippen LogP contribution < -0.4 is 5.06 Å². The van der Waals surface area contributed by atoms with Crippen LogP contribution in [0.2, 0.25) is 5.02 Å². The molecule has 15 heavy (non-hydrogen) atoms. The van der Waals surface area contributed by atoms with E-state index in [4.69, 9.17) is 11.6 Å². The van der Waals surface area contributed by atoms with Crippen molar-refractivity contribution in [3.63, 3.8) is 0 Å². The van der Waals surface area contributed by atoms with Crippen molar-refractivity contribution in [3.8, 4) is 0 Å². The fourth-order valence-electron chi connectivity index (χ4n) is 2.18. The van der Waals surface area contributed by atoms with Crippen LogP contribution in [0.25, 0.3) is 0 Å². The standard InChI is InChI=1S/C12H14ClNO/c1-2-12(8-3-9-14(12)15)10-4-6-11(13)7-5-10/h3-7,9,14H,2,8H2,1H3. The molecule has 1 aliphatic rings. The molecular weight excluding hydrogens is 210 g/mol. The lowest BCUT2D eigenvalue weighted by Gasteiger charge is -2.36. The number of hydroxylamine groups is 2. The van der Waals surface area contributed by atoms with Gasteiger partial charge in [-0.25, -0.2) is 0 Å². The van der Waals surface area contributed by atoms with Crippen LogP contribution in [0.5, 0.6) is 0 Å². The summed E-state index contributed by atoms with van der Waals surface area (Å²) in [6.45, 7) is 2.06. The Morgan fingerprint density at radius 1 is 1.40 bits per heavy atom. The normalized spacial score (nSPS) is 29.7. The fourth-order valence-corrected chi connectivity index (χ4v) is 2.30. The second kappa shape index (κ2) is 3.97. The SMILES string of the molecule is CCC1(c2ccc(Cl)cc2)CC=C[NH+]1[O-]. The Balaban J connectivity index is 2.39. The molecule has 0 bridgehead atoms. The van der Waals surface area contributed by atoms with E-state index in [1.54, 1.807) is 6.20 Å². The molecule has 2 atom stereocenters. The molecule has 0 saturated heterocycles. The number of halogens is 1. The molecule has 1 aliphatic heterocycles. The predicted molar refractivity (Wildman–Crippen MR) is 61.5 cm³/mol. The number of benzene rings is 1. The van der Waals surface area contributed by atoms with Gasteiger partial charge in [-0.1, -0.05) is 30.7 Å². The summed E-state index contributed by atoms with van der Waals surface area (Å²) in [4.78, 5) is 0. The van der Waals surface area contributed by atoms with E-state index in [9.17, 15) is 5.21 Å². The molecule has 2 rings (SSSR count). The summed E-state index contributed by atoms with van der Waals surface area (Å²) in [6, 6.07) is 7.60. The summed E-state index contributed by atoms with van der Waals surface area (Å²) in [5, 5.41) is 12.8. The van der Waals surface area contributed by atoms with Crippen molar-refractivity contribution in [2.45, 2.75) is 25.3 Å². The Labute approximate surface area is 94.7 Å². The minimum Gasteiger partial charge on any atom is -0.629 e. The Hall–Kier alpha value is -0.830. The molecule has 1 aromatic carbocycles. The number of nitrogens with one attached hydrogen (secondary N) is 1. The highest BCUT2D eigenvalue weighted by Crippen LogP contribution is 2.29. The maximum absolute atomic E-state index is 11.9. The molecule has 80 valence electrons. The molecule has 2 unspecified atom stereocenters. The first kappa shape index (κ1) is 10.7. The third-order valence-corrected chi connectivity index (χ3v) is 3.46. The monoisotopic (exact) mass is 223 g/mol. The highest BCUT2D eigenvalue weighted by atomic mass is 35.5. The molecular formula is C12H14ClNO. The number of quaternary nitrogens is 1. The third-order valence-electron chi connectivity index (χ3n) is 3.21. The predicted octanol–water partition coefficient (Wildman–Crippen LogP) is 2.25. The van der Waals surface area contributed by atoms with Crippen molar-refractivity contribution >= 4 is 11.6 Å². The van der Waals surface area contributed by atoms with Gasteiger partial charge in [0.2, 0.25) is 0 Å². The molecule has 1 aromatic rings. The van der Waals surface area contributed by atoms with Gasteiger partial charge in [0.15, 0.2) is 0 Å². The average Bonchev–Trinajstić information content (AvgIpc) is 2.62. The van der Waals surface area contributed by atoms with Crippen LogP contribution in [0.3, 0.4) is 0 Å². The zero-order chi connectivity index (χ0) is 10.9. The molecule has 1 heterocycles. The van der Waals surface area contributed by atoms with E-state index in [1.165, 1.54) is 0 Å². The van der Waals surface area contributed by atoms with Crippen LogP contribution in [0, 0.1) is 5.21 Å². The van der Waals surface area contributed by atoms with Gasteiger partial charge in [-0.15, -0.1) is 0 Å². The third kappa shape index (κ3) is 1.69. The Kier molecular flexibility index (Phi) is 2.83. The summed E-state index contributed by atoms with van der Waals surface area (Å²) in [7, 11) is 0. The van der Waals surface area contributed by atoms with Crippen LogP contribution in [-0.2, 0) is 5.54 Å². The maximum atomic E-state index is 11.9. The Morgan fingerprint density at radius 3 is 2.53 bits per heavy atom. The first-order chi connectivity index (χ1) is 7.19. The second-order valence-electron chi connectivity index (χ2n) is 3.91. The number of rotatable bonds is 2. The zero-order valence-electron chi connectivity index (χ0n) is 8.66. The molecule has 0 aliphatic carbocycles. The first-order valence-corrected chi connectivity index (χ1v) is 5.54. The second-order valence-corrected chi connectivity index (χ2v) is 4.35. The van der Waals surface area contributed by atoms with Crippen LogP contribution >= 0.6 is 11.6 Å². The van der Waals surface area contributed by atoms with E-state index in [0.29, 0.717) is 5.02 Å². The molecule has 2 nitrogen and oxygen atoms in total. The van der Waals surface area contributed by atoms with Gasteiger partial charge in [0, 0.05) is 23.4 Å². The van der Waals surface area contributed by atoms with E-state index in [-0.39, 0.29) is 10.6 Å². The Morgan fingerprint density at radius 2 is 2.07 bits per heavy atom. The van der Waals surface area contributed by atoms with Crippen LogP contribution in [-0.4, -0.2) is 0 Å². The average molecular weight is 224 g/mol. The maximum Gasteiger partial charge on any atom is 0.130 e. The van der Waals surface area contributed by atoms with Crippen molar-refractivity contribution in [2.24, 2.45) is 0 Å². The van der Waals surface area contributed by atoms with Crippen molar-refractivity contribution in [2.75, 3.05) is 0 Å². The quantitative estimate of drug-likeness (QED) is 0.766. The van der Waals surface area contributed by atoms with Gasteiger partial charge in [0.05, 0.1) is 6.20 Å². The highest BCUT2D eigenvalue weighted by Gasteiger charge is 2.38. The summed E-state index contributed by atoms with van der Waals surface area (Å²) < 4.78 is 0. The zero-order valence-corrected chi connectivity index (χ0v) is 9.42. The number of hydrogen-bond donors (Lipinski definition) is 1. The van der Waals surface area contributed by atoms with Crippen LogP contribution in [0.1, 0.15) is 25.3 Å². The highest BCUT2D eigenvalue weighted by molar-refractivity contribution is 6.30. The lowest BCUT2D eigenvalue weighted by molar-refractivity contribution is -0.856. The summed E-state index contributed by atoms with van der Waals surface area (Å²) >= 11 is 5.84. The molecule has 0 radical (unpaired) electrons. The van der Waals surface area contributed by atoms with E-state index in [0.717, 1.165) is 18.4 Å². The van der Waals surface area contributed by atoms with E-state index in [2.05, 4.69) is 6.92 Å². The van der Waals surface area contributed by atoms with Gasteiger partial charge in [-0.3, -0.25) is 0 Å². The van der Waals surface area contributed by atoms with Crippen molar-refractivity contribution < 1.29 is 5.06 Å². The topological polar surface area (TPSA) is 27.5 Å². The van der Waals surface area contributed by atoms with Gasteiger partial charge in [0.25, 0.3) is 0 Å². The first-order valence-electron chi connectivity index (χ1n) is 5.16. The van der Waals surface area contributed by atoms with Crippen molar-refractivity contribution in [3.05, 3.63) is 52.3 Å². The van der Waals surface area contributed by atoms with Gasteiger partial charge in [0.1, 0.15) is 5.54 Å². The van der Waals surface area contributed by atoms with Gasteiger partial charge < -0.3 is 10.3 Å². The van der Waals surface area contributed by atoms with Gasteiger partial charge in [-0.2, -0.15) is 0 Å². The number of hydrogen-bond acceptors (Lipinski definition) is 1. The summed E-state index contributed by atoms with van der Waals surface area (Å²) in [6.07, 6.45) is 5.29. The minimum atomic E-state index is -0.329. The largest absolute Gasteiger partial charge is 0.629 e. The van der Waals surface area contributed by atoms with Gasteiger partial charge >= 0.3 is 0 Å². The minimum absolute atomic E-state index is 0.215. The molecule has 0 saturated carbocycles. The van der Waals surface area contributed by atoms with Crippen molar-refractivity contribution in [1.29, 1.82) is 0 Å². The van der Waals surface area contributed by atoms with E-state index in [1.807, 2.05) is 30.3 Å². The van der Waals surface area contributed by atoms with Crippen LogP contribution in [0.4, 0.5) is 0 Å². The Bertz CT molecular complexity index is 374. The lowest BCUT2D eigenvalue weighted by Crippen LogP contribution is -3.09. The summed E-state index contributed by atoms with van der Waals surface area (Å²) in [5.74, 6) is 0. The van der Waals surface area contributed by atoms with Gasteiger partial charge in [-0.05, 0) is 18.2 Å². The van der Waals surface area contributed by atoms with Crippen LogP contribution in [0.15, 0.2) is 36.5 Å². The van der Waals surface area contributed by atoms with E-state index < -0.39 is 0 Å².